The maximum absolute atomic E-state index is 12.3. The predicted molar refractivity (Wildman–Crippen MR) is 117 cm³/mol. The van der Waals surface area contributed by atoms with Gasteiger partial charge in [-0.15, -0.1) is 0 Å². The van der Waals surface area contributed by atoms with Gasteiger partial charge in [-0.2, -0.15) is 0 Å². The molecule has 0 amide bonds. The number of aromatic nitrogens is 1. The summed E-state index contributed by atoms with van der Waals surface area (Å²) >= 11 is 0. The lowest BCUT2D eigenvalue weighted by Crippen LogP contribution is -2.63. The molecule has 0 radical (unpaired) electrons. The van der Waals surface area contributed by atoms with Crippen LogP contribution in [0.15, 0.2) is 42.7 Å². The maximum atomic E-state index is 12.3. The van der Waals surface area contributed by atoms with Crippen LogP contribution in [0.1, 0.15) is 56.2 Å². The second kappa shape index (κ2) is 6.55. The number of anilines is 1. The van der Waals surface area contributed by atoms with E-state index >= 15 is 0 Å². The Kier molecular flexibility index (Phi) is 4.31. The van der Waals surface area contributed by atoms with Gasteiger partial charge >= 0.3 is 0 Å². The third kappa shape index (κ3) is 3.00. The molecule has 2 aliphatic heterocycles. The Balaban J connectivity index is 1.57. The van der Waals surface area contributed by atoms with Crippen LogP contribution in [0, 0.1) is 5.41 Å². The van der Waals surface area contributed by atoms with Crippen molar-refractivity contribution in [3.8, 4) is 0 Å². The zero-order valence-corrected chi connectivity index (χ0v) is 18.0. The first kappa shape index (κ1) is 19.1. The zero-order valence-electron chi connectivity index (χ0n) is 18.0. The molecule has 5 rings (SSSR count). The quantitative estimate of drug-likeness (QED) is 0.839. The van der Waals surface area contributed by atoms with Gasteiger partial charge in [-0.05, 0) is 55.3 Å². The van der Waals surface area contributed by atoms with E-state index in [2.05, 4.69) is 66.0 Å². The van der Waals surface area contributed by atoms with Crippen LogP contribution >= 0.6 is 0 Å². The third-order valence-corrected chi connectivity index (χ3v) is 7.72. The van der Waals surface area contributed by atoms with Crippen molar-refractivity contribution in [3.05, 3.63) is 59.4 Å². The molecule has 4 nitrogen and oxygen atoms in total. The van der Waals surface area contributed by atoms with E-state index in [0.29, 0.717) is 5.41 Å². The first-order valence-corrected chi connectivity index (χ1v) is 11.1. The molecule has 3 fully saturated rings. The smallest absolute Gasteiger partial charge is 0.124 e. The van der Waals surface area contributed by atoms with E-state index in [-0.39, 0.29) is 5.41 Å². The highest BCUT2D eigenvalue weighted by Gasteiger charge is 2.55. The minimum Gasteiger partial charge on any atom is -0.380 e. The molecule has 29 heavy (non-hydrogen) atoms. The Labute approximate surface area is 174 Å². The average Bonchev–Trinajstić information content (AvgIpc) is 3.23. The van der Waals surface area contributed by atoms with Crippen molar-refractivity contribution in [1.29, 1.82) is 0 Å². The highest BCUT2D eigenvalue weighted by atomic mass is 16.3. The van der Waals surface area contributed by atoms with Gasteiger partial charge in [0.2, 0.25) is 0 Å². The molecular formula is C25H33N3O. The Morgan fingerprint density at radius 2 is 1.62 bits per heavy atom. The summed E-state index contributed by atoms with van der Waals surface area (Å²) < 4.78 is 0. The van der Waals surface area contributed by atoms with Crippen LogP contribution in [0.4, 0.5) is 5.69 Å². The number of benzene rings is 1. The van der Waals surface area contributed by atoms with Gasteiger partial charge < -0.3 is 14.9 Å². The largest absolute Gasteiger partial charge is 0.380 e. The predicted octanol–water partition coefficient (Wildman–Crippen LogP) is 3.92. The lowest BCUT2D eigenvalue weighted by Gasteiger charge is -2.56. The van der Waals surface area contributed by atoms with E-state index in [1.807, 2.05) is 12.4 Å². The van der Waals surface area contributed by atoms with Crippen LogP contribution in [0.25, 0.3) is 0 Å². The van der Waals surface area contributed by atoms with Crippen LogP contribution in [0.5, 0.6) is 0 Å². The van der Waals surface area contributed by atoms with E-state index in [1.54, 1.807) is 0 Å². The lowest BCUT2D eigenvalue weighted by molar-refractivity contribution is -0.127. The molecule has 0 spiro atoms. The van der Waals surface area contributed by atoms with Crippen LogP contribution in [-0.2, 0) is 11.0 Å². The second-order valence-electron chi connectivity index (χ2n) is 10.2. The standard InChI is InChI=1S/C25H33N3O/c1-23(10-11-23)19-6-8-20(9-7-19)25(29,24(2)17-27(3)18-24)21-14-22(16-26-15-21)28-12-4-5-13-28/h6-9,14-16,29H,4-5,10-13,17-18H2,1-3H3/t25-/m0/s1. The minimum absolute atomic E-state index is 0.238. The summed E-state index contributed by atoms with van der Waals surface area (Å²) in [5.74, 6) is 0. The molecule has 2 aromatic rings. The molecule has 1 saturated carbocycles. The van der Waals surface area contributed by atoms with Crippen molar-refractivity contribution in [2.75, 3.05) is 38.1 Å². The van der Waals surface area contributed by atoms with Gasteiger partial charge in [-0.3, -0.25) is 4.98 Å². The molecule has 154 valence electrons. The summed E-state index contributed by atoms with van der Waals surface area (Å²) in [6, 6.07) is 11.0. The van der Waals surface area contributed by atoms with Crippen LogP contribution in [0.2, 0.25) is 0 Å². The number of pyridine rings is 1. The van der Waals surface area contributed by atoms with E-state index in [1.165, 1.54) is 31.2 Å². The fraction of sp³-hybridized carbons (Fsp3) is 0.560. The summed E-state index contributed by atoms with van der Waals surface area (Å²) in [5.41, 5.74) is 3.49. The summed E-state index contributed by atoms with van der Waals surface area (Å²) in [6.45, 7) is 8.45. The fourth-order valence-electron chi connectivity index (χ4n) is 5.60. The zero-order chi connectivity index (χ0) is 20.3. The fourth-order valence-corrected chi connectivity index (χ4v) is 5.60. The van der Waals surface area contributed by atoms with E-state index in [9.17, 15) is 5.11 Å². The van der Waals surface area contributed by atoms with E-state index in [0.717, 1.165) is 43.0 Å². The molecule has 1 aromatic heterocycles. The Hall–Kier alpha value is -1.91. The Morgan fingerprint density at radius 3 is 2.21 bits per heavy atom. The Morgan fingerprint density at radius 1 is 0.966 bits per heavy atom. The van der Waals surface area contributed by atoms with Crippen molar-refractivity contribution in [2.45, 2.75) is 50.5 Å². The first-order valence-electron chi connectivity index (χ1n) is 11.1. The summed E-state index contributed by atoms with van der Waals surface area (Å²) in [7, 11) is 2.12. The monoisotopic (exact) mass is 391 g/mol. The number of rotatable bonds is 5. The molecule has 1 aromatic carbocycles. The van der Waals surface area contributed by atoms with Crippen LogP contribution in [-0.4, -0.2) is 48.2 Å². The molecule has 0 bridgehead atoms. The molecule has 1 aliphatic carbocycles. The molecule has 2 saturated heterocycles. The summed E-state index contributed by atoms with van der Waals surface area (Å²) in [4.78, 5) is 9.24. The first-order chi connectivity index (χ1) is 13.8. The van der Waals surface area contributed by atoms with Crippen LogP contribution < -0.4 is 4.90 Å². The Bertz CT molecular complexity index is 893. The van der Waals surface area contributed by atoms with Crippen LogP contribution in [0.3, 0.4) is 0 Å². The van der Waals surface area contributed by atoms with Crippen molar-refractivity contribution in [3.63, 3.8) is 0 Å². The number of aliphatic hydroxyl groups is 1. The molecular weight excluding hydrogens is 358 g/mol. The minimum atomic E-state index is -1.05. The molecule has 1 atom stereocenters. The number of hydrogen-bond acceptors (Lipinski definition) is 4. The second-order valence-corrected chi connectivity index (χ2v) is 10.2. The summed E-state index contributed by atoms with van der Waals surface area (Å²) in [6.07, 6.45) is 8.82. The van der Waals surface area contributed by atoms with Gasteiger partial charge in [0, 0.05) is 43.4 Å². The molecule has 3 heterocycles. The third-order valence-electron chi connectivity index (χ3n) is 7.72. The van der Waals surface area contributed by atoms with Gasteiger partial charge in [-0.1, -0.05) is 38.1 Å². The van der Waals surface area contributed by atoms with Gasteiger partial charge in [0.15, 0.2) is 0 Å². The molecule has 4 heteroatoms. The van der Waals surface area contributed by atoms with Crippen molar-refractivity contribution in [2.24, 2.45) is 5.41 Å². The number of nitrogens with zero attached hydrogens (tertiary/aromatic N) is 3. The van der Waals surface area contributed by atoms with Gasteiger partial charge in [-0.25, -0.2) is 0 Å². The topological polar surface area (TPSA) is 39.6 Å². The van der Waals surface area contributed by atoms with E-state index < -0.39 is 5.60 Å². The molecule has 1 N–H and O–H groups in total. The average molecular weight is 392 g/mol. The maximum Gasteiger partial charge on any atom is 0.124 e. The van der Waals surface area contributed by atoms with Crippen molar-refractivity contribution in [1.82, 2.24) is 9.88 Å². The lowest BCUT2D eigenvalue weighted by atomic mass is 9.62. The van der Waals surface area contributed by atoms with Gasteiger partial charge in [0.25, 0.3) is 0 Å². The number of hydrogen-bond donors (Lipinski definition) is 1. The normalized spacial score (nSPS) is 24.8. The van der Waals surface area contributed by atoms with Gasteiger partial charge in [0.1, 0.15) is 5.60 Å². The SMILES string of the molecule is CN1CC(C)([C@](O)(c2ccc(C3(C)CC3)cc2)c2cncc(N3CCCC3)c2)C1. The van der Waals surface area contributed by atoms with E-state index in [4.69, 9.17) is 0 Å². The molecule has 0 unspecified atom stereocenters. The van der Waals surface area contributed by atoms with Gasteiger partial charge in [0.05, 0.1) is 11.9 Å². The van der Waals surface area contributed by atoms with Crippen molar-refractivity contribution >= 4 is 5.69 Å². The highest BCUT2D eigenvalue weighted by molar-refractivity contribution is 5.51. The molecule has 3 aliphatic rings. The number of likely N-dealkylation sites (tertiary alicyclic amines) is 1. The summed E-state index contributed by atoms with van der Waals surface area (Å²) in [5, 5.41) is 12.3. The van der Waals surface area contributed by atoms with Crippen molar-refractivity contribution < 1.29 is 5.11 Å². The highest BCUT2D eigenvalue weighted by Crippen LogP contribution is 2.52.